The summed E-state index contributed by atoms with van der Waals surface area (Å²) in [4.78, 5) is 29.9. The largest absolute Gasteiger partial charge is 0.481 e. The molecule has 6 heterocycles. The normalized spacial score (nSPS) is 54.5. The number of aliphatic carboxylic acids is 1. The SMILES string of the molecule is C[C@@H]1O[C@@H](O[C@H]2[C@H](OC(=O)[C@]34CCC(C)(C)C[C@H]3C3=CC[C@@H]5[C@@]6(C)C[C@H](O)[C@H](O[C@@H]7O[C@H](CO)[C@@H](O)[C@H](O)[C@H]7O)[C@@](C)(C(=O)O)[C@@H]6CC[C@@]5(C)[C@]3(CO)CC4)O[C@H](C)[C@H](O)[C@@H]2O[C@@H]2O[C@H](CO)[C@@H](O)[C@H](O)[C@H]2O)[C@H](O)[C@H](O)[C@H]1O[C@@H]1OC[C@@H](O)[C@H](O[C@@H]2O[C@H](CO)[C@H](O)[C@H](O)[C@H]2O)[C@H]1O. The van der Waals surface area contributed by atoms with Crippen LogP contribution in [0.5, 0.6) is 0 Å². The molecular formula is C65H104O34. The number of hydrogen-bond donors (Lipinski definition) is 20. The van der Waals surface area contributed by atoms with Crippen molar-refractivity contribution in [3.63, 3.8) is 0 Å². The molecule has 0 aromatic heterocycles. The van der Waals surface area contributed by atoms with Gasteiger partial charge in [-0.3, -0.25) is 9.59 Å². The predicted molar refractivity (Wildman–Crippen MR) is 324 cm³/mol. The molecule has 6 aliphatic heterocycles. The summed E-state index contributed by atoms with van der Waals surface area (Å²) >= 11 is 0. The predicted octanol–water partition coefficient (Wildman–Crippen LogP) is -6.68. The Hall–Kier alpha value is -2.52. The van der Waals surface area contributed by atoms with E-state index < -0.39 is 286 Å². The number of fused-ring (bicyclic) bond motifs is 7. The van der Waals surface area contributed by atoms with Crippen LogP contribution in [0.4, 0.5) is 0 Å². The Morgan fingerprint density at radius 1 is 0.485 bits per heavy atom. The van der Waals surface area contributed by atoms with Gasteiger partial charge in [-0.05, 0) is 113 Å². The molecule has 4 saturated carbocycles. The fourth-order valence-electron chi connectivity index (χ4n) is 19.3. The third-order valence-electron chi connectivity index (χ3n) is 25.2. The van der Waals surface area contributed by atoms with Crippen LogP contribution in [0.1, 0.15) is 106 Å². The fourth-order valence-corrected chi connectivity index (χ4v) is 19.3. The molecule has 11 aliphatic rings. The van der Waals surface area contributed by atoms with Gasteiger partial charge in [-0.1, -0.05) is 39.3 Å². The van der Waals surface area contributed by atoms with Gasteiger partial charge in [-0.15, -0.1) is 0 Å². The van der Waals surface area contributed by atoms with Crippen molar-refractivity contribution in [2.75, 3.05) is 33.0 Å². The number of aliphatic hydroxyl groups excluding tert-OH is 19. The van der Waals surface area contributed by atoms with Crippen molar-refractivity contribution in [2.45, 2.75) is 297 Å². The second kappa shape index (κ2) is 29.0. The average molecular weight is 1430 g/mol. The molecular weight excluding hydrogens is 1320 g/mol. The van der Waals surface area contributed by atoms with Crippen LogP contribution in [-0.4, -0.2) is 337 Å². The summed E-state index contributed by atoms with van der Waals surface area (Å²) < 4.78 is 72.0. The summed E-state index contributed by atoms with van der Waals surface area (Å²) in [5.41, 5.74) is -5.78. The molecule has 99 heavy (non-hydrogen) atoms. The van der Waals surface area contributed by atoms with Gasteiger partial charge in [0.05, 0.1) is 62.2 Å². The van der Waals surface area contributed by atoms with Crippen molar-refractivity contribution in [1.82, 2.24) is 0 Å². The van der Waals surface area contributed by atoms with E-state index >= 15 is 4.79 Å². The maximum absolute atomic E-state index is 16.0. The van der Waals surface area contributed by atoms with Gasteiger partial charge in [0.2, 0.25) is 6.29 Å². The molecule has 10 fully saturated rings. The van der Waals surface area contributed by atoms with Crippen LogP contribution in [0.3, 0.4) is 0 Å². The number of carboxylic acids is 1. The second-order valence-corrected chi connectivity index (χ2v) is 31.2. The Bertz CT molecular complexity index is 2840. The number of carbonyl (C=O) groups is 2. The quantitative estimate of drug-likeness (QED) is 0.0366. The highest BCUT2D eigenvalue weighted by Crippen LogP contribution is 2.76. The number of rotatable bonds is 17. The number of carboxylic acid groups (broad SMARTS) is 1. The van der Waals surface area contributed by atoms with Crippen molar-refractivity contribution in [3.05, 3.63) is 11.6 Å². The van der Waals surface area contributed by atoms with Crippen molar-refractivity contribution in [2.24, 2.45) is 50.2 Å². The van der Waals surface area contributed by atoms with E-state index in [0.717, 1.165) is 5.57 Å². The van der Waals surface area contributed by atoms with Crippen molar-refractivity contribution in [1.29, 1.82) is 0 Å². The van der Waals surface area contributed by atoms with Gasteiger partial charge < -0.3 is 159 Å². The minimum atomic E-state index is -2.16. The van der Waals surface area contributed by atoms with E-state index in [2.05, 4.69) is 20.8 Å². The second-order valence-electron chi connectivity index (χ2n) is 31.2. The smallest absolute Gasteiger partial charge is 0.315 e. The molecule has 6 saturated heterocycles. The standard InChI is InChI=1S/C65H104O34/c1-23-34(72)49(96-55-43(81)39(77)36(74)30(19-67)92-55)50(97-53-45(83)41(79)47(24(2)90-53)94-52-46(84)48(28(71)21-88-52)95-54-42(80)38(76)35(73)29(18-66)91-54)57(89-23)99-59(87)64-13-12-60(3,4)16-26(64)25-8-9-32-61(5)17-27(70)51(98-56-44(82)40(78)37(75)31(20-68)93-56)63(7,58(85)86)33(61)10-11-62(32,6)65(25,22-69)15-14-64/h8,23-24,26-57,66-84H,9-22H2,1-7H3,(H,85,86)/t23-,24+,26+,27+,28-,29-,30-,31-,32-,33-,34+,35+,36-,37-,38+,39+,40+,41+,42-,43-,44-,45-,46-,47+,48+,49+,50-,51+,52+,53+,54+,55+,56+,57+,61-,62-,63+,64+,65+/m1/s1. The molecule has 568 valence electrons. The van der Waals surface area contributed by atoms with Crippen LogP contribution >= 0.6 is 0 Å². The maximum Gasteiger partial charge on any atom is 0.315 e. The first-order valence-electron chi connectivity index (χ1n) is 34.4. The summed E-state index contributed by atoms with van der Waals surface area (Å²) in [6.07, 6.45) is -50.7. The third kappa shape index (κ3) is 13.0. The van der Waals surface area contributed by atoms with Crippen LogP contribution in [0.15, 0.2) is 11.6 Å². The van der Waals surface area contributed by atoms with Crippen molar-refractivity contribution in [3.8, 4) is 0 Å². The summed E-state index contributed by atoms with van der Waals surface area (Å²) in [6, 6.07) is 0. The molecule has 11 rings (SSSR count). The minimum absolute atomic E-state index is 0.0185. The van der Waals surface area contributed by atoms with Crippen LogP contribution in [0.25, 0.3) is 0 Å². The Morgan fingerprint density at radius 3 is 1.53 bits per heavy atom. The van der Waals surface area contributed by atoms with Crippen LogP contribution in [0, 0.1) is 50.2 Å². The van der Waals surface area contributed by atoms with Gasteiger partial charge in [0.1, 0.15) is 128 Å². The highest BCUT2D eigenvalue weighted by atomic mass is 16.8. The molecule has 0 bridgehead atoms. The van der Waals surface area contributed by atoms with E-state index in [4.69, 9.17) is 56.8 Å². The van der Waals surface area contributed by atoms with E-state index in [1.807, 2.05) is 13.0 Å². The topological polar surface area (TPSA) is 550 Å². The van der Waals surface area contributed by atoms with Gasteiger partial charge in [0, 0.05) is 5.41 Å². The lowest BCUT2D eigenvalue weighted by Crippen LogP contribution is -2.71. The molecule has 34 heteroatoms. The molecule has 20 N–H and O–H groups in total. The van der Waals surface area contributed by atoms with Gasteiger partial charge in [0.15, 0.2) is 37.6 Å². The van der Waals surface area contributed by atoms with E-state index in [0.29, 0.717) is 25.7 Å². The molecule has 0 radical (unpaired) electrons. The zero-order chi connectivity index (χ0) is 72.5. The van der Waals surface area contributed by atoms with Gasteiger partial charge in [0.25, 0.3) is 0 Å². The molecule has 0 amide bonds. The highest BCUT2D eigenvalue weighted by Gasteiger charge is 2.74. The zero-order valence-corrected chi connectivity index (χ0v) is 56.3. The monoisotopic (exact) mass is 1430 g/mol. The minimum Gasteiger partial charge on any atom is -0.481 e. The van der Waals surface area contributed by atoms with Gasteiger partial charge >= 0.3 is 11.9 Å². The number of carbonyl (C=O) groups excluding carboxylic acids is 1. The summed E-state index contributed by atoms with van der Waals surface area (Å²) in [6.45, 7) is 8.84. The first-order chi connectivity index (χ1) is 46.4. The first kappa shape index (κ1) is 77.6. The molecule has 0 spiro atoms. The lowest BCUT2D eigenvalue weighted by Gasteiger charge is -2.71. The number of ether oxygens (including phenoxy) is 12. The Balaban J connectivity index is 0.873. The van der Waals surface area contributed by atoms with Gasteiger partial charge in [-0.25, -0.2) is 0 Å². The van der Waals surface area contributed by atoms with Crippen molar-refractivity contribution < 1.29 is 169 Å². The summed E-state index contributed by atoms with van der Waals surface area (Å²) in [5, 5.41) is 220. The molecule has 0 aromatic rings. The fraction of sp³-hybridized carbons (Fsp3) is 0.938. The van der Waals surface area contributed by atoms with Gasteiger partial charge in [-0.2, -0.15) is 0 Å². The van der Waals surface area contributed by atoms with E-state index in [1.165, 1.54) is 20.8 Å². The molecule has 5 aliphatic carbocycles. The lowest BCUT2D eigenvalue weighted by molar-refractivity contribution is -0.393. The molecule has 39 atom stereocenters. The Labute approximate surface area is 570 Å². The third-order valence-corrected chi connectivity index (χ3v) is 25.2. The number of hydrogen-bond acceptors (Lipinski definition) is 33. The molecule has 0 unspecified atom stereocenters. The maximum atomic E-state index is 16.0. The highest BCUT2D eigenvalue weighted by molar-refractivity contribution is 5.79. The average Bonchev–Trinajstić information content (AvgIpc) is 0.669. The van der Waals surface area contributed by atoms with E-state index in [9.17, 15) is 107 Å². The Morgan fingerprint density at radius 2 is 0.980 bits per heavy atom. The lowest BCUT2D eigenvalue weighted by atomic mass is 9.33. The summed E-state index contributed by atoms with van der Waals surface area (Å²) in [5.74, 6) is -3.92. The summed E-state index contributed by atoms with van der Waals surface area (Å²) in [7, 11) is 0. The molecule has 0 aromatic carbocycles. The first-order valence-corrected chi connectivity index (χ1v) is 34.4. The number of esters is 1. The number of aliphatic hydroxyl groups is 19. The Kier molecular flexibility index (Phi) is 22.7. The van der Waals surface area contributed by atoms with Crippen LogP contribution < -0.4 is 0 Å². The van der Waals surface area contributed by atoms with Crippen molar-refractivity contribution >= 4 is 11.9 Å². The molecule has 34 nitrogen and oxygen atoms in total. The van der Waals surface area contributed by atoms with E-state index in [-0.39, 0.29) is 32.1 Å². The zero-order valence-electron chi connectivity index (χ0n) is 56.3. The number of allylic oxidation sites excluding steroid dienone is 1. The van der Waals surface area contributed by atoms with Crippen LogP contribution in [-0.2, 0) is 66.4 Å². The van der Waals surface area contributed by atoms with E-state index in [1.54, 1.807) is 0 Å². The van der Waals surface area contributed by atoms with Crippen LogP contribution in [0.2, 0.25) is 0 Å².